The number of halogens is 1. The minimum absolute atomic E-state index is 0.141. The number of rotatable bonds is 5. The molecular weight excluding hydrogens is 276 g/mol. The minimum Gasteiger partial charge on any atom is -0.228 e. The van der Waals surface area contributed by atoms with E-state index in [-0.39, 0.29) is 11.2 Å². The van der Waals surface area contributed by atoms with Crippen LogP contribution in [0.25, 0.3) is 0 Å². The molecule has 15 heavy (non-hydrogen) atoms. The van der Waals surface area contributed by atoms with E-state index >= 15 is 0 Å². The molecule has 2 nitrogen and oxygen atoms in total. The molecule has 0 N–H and O–H groups in total. The van der Waals surface area contributed by atoms with Crippen molar-refractivity contribution in [3.05, 3.63) is 12.7 Å². The first kappa shape index (κ1) is 15.2. The Labute approximate surface area is 102 Å². The van der Waals surface area contributed by atoms with Crippen molar-refractivity contribution in [2.45, 2.75) is 38.9 Å². The Morgan fingerprint density at radius 2 is 1.73 bits per heavy atom. The lowest BCUT2D eigenvalue weighted by Gasteiger charge is -2.25. The average Bonchev–Trinajstić information content (AvgIpc) is 2.13. The molecule has 0 bridgehead atoms. The summed E-state index contributed by atoms with van der Waals surface area (Å²) in [4.78, 5) is 0. The van der Waals surface area contributed by atoms with E-state index in [1.165, 1.54) is 0 Å². The maximum atomic E-state index is 11.9. The fourth-order valence-corrected chi connectivity index (χ4v) is 2.75. The highest BCUT2D eigenvalue weighted by molar-refractivity contribution is 9.09. The lowest BCUT2D eigenvalue weighted by atomic mass is 9.91. The largest absolute Gasteiger partial charge is 0.228 e. The summed E-state index contributed by atoms with van der Waals surface area (Å²) in [6.45, 7) is 11.0. The molecule has 0 saturated carbocycles. The first-order valence-electron chi connectivity index (χ1n) is 5.00. The number of alkyl halides is 1. The van der Waals surface area contributed by atoms with Crippen LogP contribution < -0.4 is 0 Å². The van der Waals surface area contributed by atoms with E-state index in [0.29, 0.717) is 6.42 Å². The van der Waals surface area contributed by atoms with Crippen LogP contribution in [0.15, 0.2) is 12.7 Å². The number of allylic oxidation sites excluding steroid dienone is 1. The zero-order valence-electron chi connectivity index (χ0n) is 10.0. The summed E-state index contributed by atoms with van der Waals surface area (Å²) >= 11 is 3.38. The maximum Gasteiger partial charge on any atom is 0.155 e. The Balaban J connectivity index is 4.60. The lowest BCUT2D eigenvalue weighted by molar-refractivity contribution is 0.468. The quantitative estimate of drug-likeness (QED) is 0.577. The van der Waals surface area contributed by atoms with E-state index in [1.807, 2.05) is 13.0 Å². The van der Waals surface area contributed by atoms with Crippen molar-refractivity contribution in [3.63, 3.8) is 0 Å². The summed E-state index contributed by atoms with van der Waals surface area (Å²) in [5.74, 6) is 0.213. The van der Waals surface area contributed by atoms with Crippen LogP contribution in [0, 0.1) is 5.41 Å². The van der Waals surface area contributed by atoms with Crippen LogP contribution in [0.2, 0.25) is 0 Å². The topological polar surface area (TPSA) is 34.1 Å². The van der Waals surface area contributed by atoms with E-state index in [1.54, 1.807) is 20.8 Å². The molecule has 0 aromatic rings. The van der Waals surface area contributed by atoms with Crippen molar-refractivity contribution in [1.29, 1.82) is 0 Å². The van der Waals surface area contributed by atoms with Crippen molar-refractivity contribution < 1.29 is 8.42 Å². The van der Waals surface area contributed by atoms with Crippen molar-refractivity contribution in [1.82, 2.24) is 0 Å². The fourth-order valence-electron chi connectivity index (χ4n) is 0.897. The van der Waals surface area contributed by atoms with E-state index in [4.69, 9.17) is 0 Å². The van der Waals surface area contributed by atoms with E-state index in [0.717, 1.165) is 5.33 Å². The summed E-state index contributed by atoms with van der Waals surface area (Å²) in [5, 5.41) is 0.739. The van der Waals surface area contributed by atoms with Gasteiger partial charge >= 0.3 is 0 Å². The van der Waals surface area contributed by atoms with Crippen molar-refractivity contribution >= 4 is 25.8 Å². The fraction of sp³-hybridized carbons (Fsp3) is 0.818. The van der Waals surface area contributed by atoms with Gasteiger partial charge in [-0.1, -0.05) is 28.9 Å². The summed E-state index contributed by atoms with van der Waals surface area (Å²) in [7, 11) is -3.02. The minimum atomic E-state index is -3.02. The van der Waals surface area contributed by atoms with Gasteiger partial charge in [-0.3, -0.25) is 0 Å². The highest BCUT2D eigenvalue weighted by atomic mass is 79.9. The van der Waals surface area contributed by atoms with Gasteiger partial charge in [0, 0.05) is 5.33 Å². The summed E-state index contributed by atoms with van der Waals surface area (Å²) in [5.41, 5.74) is -0.141. The predicted molar refractivity (Wildman–Crippen MR) is 70.3 cm³/mol. The predicted octanol–water partition coefficient (Wildman–Crippen LogP) is 3.18. The molecule has 0 heterocycles. The van der Waals surface area contributed by atoms with Crippen molar-refractivity contribution in [2.75, 3.05) is 11.1 Å². The normalized spacial score (nSPS) is 17.1. The molecule has 0 aromatic carbocycles. The monoisotopic (exact) mass is 296 g/mol. The van der Waals surface area contributed by atoms with Gasteiger partial charge in [-0.05, 0) is 32.6 Å². The first-order valence-corrected chi connectivity index (χ1v) is 7.77. The third-order valence-electron chi connectivity index (χ3n) is 2.67. The molecule has 0 amide bonds. The van der Waals surface area contributed by atoms with Gasteiger partial charge in [-0.15, -0.1) is 6.58 Å². The molecule has 0 aliphatic heterocycles. The molecule has 90 valence electrons. The molecule has 0 rings (SSSR count). The number of sulfone groups is 1. The summed E-state index contributed by atoms with van der Waals surface area (Å²) in [6, 6.07) is 0. The molecule has 1 atom stereocenters. The van der Waals surface area contributed by atoms with Gasteiger partial charge in [-0.25, -0.2) is 8.42 Å². The molecule has 0 aliphatic carbocycles. The molecule has 0 radical (unpaired) electrons. The summed E-state index contributed by atoms with van der Waals surface area (Å²) in [6.07, 6.45) is 2.43. The zero-order valence-corrected chi connectivity index (χ0v) is 12.4. The number of hydrogen-bond donors (Lipinski definition) is 0. The van der Waals surface area contributed by atoms with Crippen LogP contribution >= 0.6 is 15.9 Å². The molecule has 0 spiro atoms. The lowest BCUT2D eigenvalue weighted by Crippen LogP contribution is -2.32. The Bertz CT molecular complexity index is 314. The van der Waals surface area contributed by atoms with Crippen LogP contribution in [0.1, 0.15) is 34.1 Å². The number of hydrogen-bond acceptors (Lipinski definition) is 2. The molecule has 0 aromatic heterocycles. The standard InChI is InChI=1S/C11H21BrO2S/c1-6-11(5,9-12)7-8-15(13,14)10(2,3)4/h6H,1,7-9H2,2-5H3. The SMILES string of the molecule is C=CC(C)(CBr)CCS(=O)(=O)C(C)(C)C. The Kier molecular flexibility index (Phi) is 5.06. The van der Waals surface area contributed by atoms with Crippen LogP contribution in [-0.2, 0) is 9.84 Å². The smallest absolute Gasteiger partial charge is 0.155 e. The second-order valence-corrected chi connectivity index (χ2v) is 8.60. The zero-order chi connectivity index (χ0) is 12.3. The molecular formula is C11H21BrO2S. The van der Waals surface area contributed by atoms with Gasteiger partial charge in [0.05, 0.1) is 10.5 Å². The van der Waals surface area contributed by atoms with E-state index in [9.17, 15) is 8.42 Å². The van der Waals surface area contributed by atoms with Crippen LogP contribution in [0.5, 0.6) is 0 Å². The van der Waals surface area contributed by atoms with Gasteiger partial charge in [0.2, 0.25) is 0 Å². The third-order valence-corrected chi connectivity index (χ3v) is 6.56. The Morgan fingerprint density at radius 3 is 2.00 bits per heavy atom. The second kappa shape index (κ2) is 5.00. The van der Waals surface area contributed by atoms with Crippen LogP contribution in [-0.4, -0.2) is 24.2 Å². The Hall–Kier alpha value is 0.170. The van der Waals surface area contributed by atoms with Crippen molar-refractivity contribution in [3.8, 4) is 0 Å². The summed E-state index contributed by atoms with van der Waals surface area (Å²) < 4.78 is 23.1. The molecule has 0 aliphatic rings. The molecule has 0 saturated heterocycles. The third kappa shape index (κ3) is 4.27. The van der Waals surface area contributed by atoms with Gasteiger partial charge in [0.25, 0.3) is 0 Å². The van der Waals surface area contributed by atoms with Gasteiger partial charge in [0.15, 0.2) is 9.84 Å². The molecule has 0 fully saturated rings. The average molecular weight is 297 g/mol. The maximum absolute atomic E-state index is 11.9. The van der Waals surface area contributed by atoms with E-state index < -0.39 is 14.6 Å². The van der Waals surface area contributed by atoms with Gasteiger partial charge in [0.1, 0.15) is 0 Å². The van der Waals surface area contributed by atoms with Gasteiger partial charge in [-0.2, -0.15) is 0 Å². The first-order chi connectivity index (χ1) is 6.58. The van der Waals surface area contributed by atoms with Crippen molar-refractivity contribution in [2.24, 2.45) is 5.41 Å². The molecule has 1 unspecified atom stereocenters. The Morgan fingerprint density at radius 1 is 1.27 bits per heavy atom. The van der Waals surface area contributed by atoms with E-state index in [2.05, 4.69) is 22.5 Å². The molecule has 4 heteroatoms. The van der Waals surface area contributed by atoms with Crippen LogP contribution in [0.4, 0.5) is 0 Å². The highest BCUT2D eigenvalue weighted by Gasteiger charge is 2.31. The van der Waals surface area contributed by atoms with Crippen LogP contribution in [0.3, 0.4) is 0 Å². The second-order valence-electron chi connectivity index (χ2n) is 5.17. The highest BCUT2D eigenvalue weighted by Crippen LogP contribution is 2.28. The van der Waals surface area contributed by atoms with Gasteiger partial charge < -0.3 is 0 Å².